The number of nitrogens with zero attached hydrogens (tertiary/aromatic N) is 4. The average molecular weight is 561 g/mol. The molecule has 2 heterocycles. The Morgan fingerprint density at radius 1 is 1.23 bits per heavy atom. The van der Waals surface area contributed by atoms with Crippen molar-refractivity contribution in [1.82, 2.24) is 25.8 Å². The van der Waals surface area contributed by atoms with E-state index in [1.165, 1.54) is 0 Å². The summed E-state index contributed by atoms with van der Waals surface area (Å²) in [7, 11) is 0. The molecule has 1 unspecified atom stereocenters. The summed E-state index contributed by atoms with van der Waals surface area (Å²) in [6.07, 6.45) is 2.23. The number of hydrogen-bond donors (Lipinski definition) is 2. The lowest BCUT2D eigenvalue weighted by molar-refractivity contribution is 0.421. The number of aromatic nitrogens is 3. The zero-order valence-corrected chi connectivity index (χ0v) is 20.4. The first-order chi connectivity index (χ1) is 14.1. The molecule has 30 heavy (non-hydrogen) atoms. The minimum Gasteiger partial charge on any atom is -0.357 e. The highest BCUT2D eigenvalue weighted by Gasteiger charge is 2.12. The molecule has 0 saturated heterocycles. The molecular weight excluding hydrogens is 538 g/mol. The van der Waals surface area contributed by atoms with E-state index >= 15 is 0 Å². The van der Waals surface area contributed by atoms with E-state index in [1.54, 1.807) is 12.3 Å². The number of hydrogen-bond acceptors (Lipinski definition) is 5. The van der Waals surface area contributed by atoms with Gasteiger partial charge in [0.1, 0.15) is 5.69 Å². The van der Waals surface area contributed by atoms with E-state index in [9.17, 15) is 0 Å². The fraction of sp³-hybridized carbons (Fsp3) is 0.300. The molecular formula is C20H23Cl2IN6O. The Morgan fingerprint density at radius 3 is 2.77 bits per heavy atom. The molecule has 3 rings (SSSR count). The fourth-order valence-electron chi connectivity index (χ4n) is 2.67. The Morgan fingerprint density at radius 2 is 2.07 bits per heavy atom. The van der Waals surface area contributed by atoms with Crippen LogP contribution in [-0.4, -0.2) is 34.2 Å². The zero-order chi connectivity index (χ0) is 20.6. The van der Waals surface area contributed by atoms with Crippen molar-refractivity contribution in [1.29, 1.82) is 0 Å². The van der Waals surface area contributed by atoms with Crippen LogP contribution in [0.25, 0.3) is 11.6 Å². The van der Waals surface area contributed by atoms with Gasteiger partial charge in [0.2, 0.25) is 0 Å². The third-order valence-electron chi connectivity index (χ3n) is 4.08. The van der Waals surface area contributed by atoms with E-state index in [4.69, 9.17) is 27.7 Å². The molecule has 0 saturated carbocycles. The topological polar surface area (TPSA) is 88.2 Å². The van der Waals surface area contributed by atoms with Crippen LogP contribution in [0.5, 0.6) is 0 Å². The van der Waals surface area contributed by atoms with Gasteiger partial charge in [-0.1, -0.05) is 40.5 Å². The van der Waals surface area contributed by atoms with Crippen molar-refractivity contribution in [2.75, 3.05) is 13.1 Å². The Hall–Kier alpha value is -1.91. The van der Waals surface area contributed by atoms with Gasteiger partial charge in [-0.15, -0.1) is 24.0 Å². The maximum Gasteiger partial charge on any atom is 0.276 e. The predicted molar refractivity (Wildman–Crippen MR) is 131 cm³/mol. The second-order valence-electron chi connectivity index (χ2n) is 6.27. The smallest absolute Gasteiger partial charge is 0.276 e. The monoisotopic (exact) mass is 560 g/mol. The number of nitrogens with one attached hydrogen (secondary N) is 2. The summed E-state index contributed by atoms with van der Waals surface area (Å²) < 4.78 is 5.27. The minimum atomic E-state index is -0.0431. The Labute approximate surface area is 202 Å². The van der Waals surface area contributed by atoms with Gasteiger partial charge in [0.15, 0.2) is 11.8 Å². The van der Waals surface area contributed by atoms with Crippen LogP contribution in [-0.2, 0) is 6.42 Å². The molecule has 0 aliphatic rings. The van der Waals surface area contributed by atoms with Gasteiger partial charge >= 0.3 is 0 Å². The quantitative estimate of drug-likeness (QED) is 0.242. The number of halogens is 3. The van der Waals surface area contributed by atoms with E-state index in [2.05, 4.69) is 30.8 Å². The molecule has 160 valence electrons. The van der Waals surface area contributed by atoms with E-state index in [0.717, 1.165) is 12.1 Å². The molecule has 0 radical (unpaired) electrons. The Bertz CT molecular complexity index is 967. The van der Waals surface area contributed by atoms with Crippen molar-refractivity contribution in [2.45, 2.75) is 26.3 Å². The van der Waals surface area contributed by atoms with Crippen LogP contribution in [0.3, 0.4) is 0 Å². The van der Waals surface area contributed by atoms with Gasteiger partial charge < -0.3 is 15.2 Å². The summed E-state index contributed by atoms with van der Waals surface area (Å²) in [6, 6.07) is 11.0. The van der Waals surface area contributed by atoms with Crippen molar-refractivity contribution >= 4 is 53.1 Å². The summed E-state index contributed by atoms with van der Waals surface area (Å²) >= 11 is 12.3. The van der Waals surface area contributed by atoms with Crippen LogP contribution in [0, 0.1) is 0 Å². The van der Waals surface area contributed by atoms with Crippen LogP contribution in [0.4, 0.5) is 0 Å². The van der Waals surface area contributed by atoms with Crippen molar-refractivity contribution in [3.05, 3.63) is 64.0 Å². The van der Waals surface area contributed by atoms with Crippen LogP contribution in [0.15, 0.2) is 52.1 Å². The number of pyridine rings is 1. The molecule has 10 heteroatoms. The summed E-state index contributed by atoms with van der Waals surface area (Å²) in [5, 5.41) is 11.8. The van der Waals surface area contributed by atoms with Crippen LogP contribution < -0.4 is 10.6 Å². The van der Waals surface area contributed by atoms with Gasteiger partial charge in [-0.25, -0.2) is 0 Å². The largest absolute Gasteiger partial charge is 0.357 e. The SMILES string of the molecule is CCNC(=NCCc1noc(-c2ccccn2)n1)NC(C)c1ccc(Cl)cc1Cl.I. The third kappa shape index (κ3) is 6.82. The molecule has 0 bridgehead atoms. The first-order valence-corrected chi connectivity index (χ1v) is 10.1. The molecule has 1 aromatic carbocycles. The lowest BCUT2D eigenvalue weighted by atomic mass is 10.1. The molecule has 0 amide bonds. The Balaban J connectivity index is 0.00000320. The lowest BCUT2D eigenvalue weighted by Gasteiger charge is -2.19. The number of rotatable bonds is 7. The normalized spacial score (nSPS) is 12.2. The zero-order valence-electron chi connectivity index (χ0n) is 16.6. The van der Waals surface area contributed by atoms with E-state index in [-0.39, 0.29) is 30.0 Å². The first-order valence-electron chi connectivity index (χ1n) is 9.30. The van der Waals surface area contributed by atoms with Crippen LogP contribution >= 0.6 is 47.2 Å². The maximum absolute atomic E-state index is 6.31. The highest BCUT2D eigenvalue weighted by Crippen LogP contribution is 2.26. The molecule has 1 atom stereocenters. The lowest BCUT2D eigenvalue weighted by Crippen LogP contribution is -2.39. The molecule has 0 aliphatic carbocycles. The first kappa shape index (κ1) is 24.4. The van der Waals surface area contributed by atoms with Gasteiger partial charge in [-0.05, 0) is 43.7 Å². The molecule has 0 spiro atoms. The molecule has 7 nitrogen and oxygen atoms in total. The van der Waals surface area contributed by atoms with Crippen molar-refractivity contribution in [3.63, 3.8) is 0 Å². The maximum atomic E-state index is 6.31. The molecule has 3 aromatic rings. The third-order valence-corrected chi connectivity index (χ3v) is 4.65. The van der Waals surface area contributed by atoms with Crippen molar-refractivity contribution in [3.8, 4) is 11.6 Å². The number of aliphatic imine (C=N–C) groups is 1. The molecule has 0 aliphatic heterocycles. The minimum absolute atomic E-state index is 0. The van der Waals surface area contributed by atoms with Gasteiger partial charge in [0, 0.05) is 35.8 Å². The van der Waals surface area contributed by atoms with Crippen LogP contribution in [0.1, 0.15) is 31.3 Å². The highest BCUT2D eigenvalue weighted by molar-refractivity contribution is 14.0. The molecule has 2 aromatic heterocycles. The van der Waals surface area contributed by atoms with E-state index in [0.29, 0.717) is 46.4 Å². The van der Waals surface area contributed by atoms with Gasteiger partial charge in [0.05, 0.1) is 6.04 Å². The molecule has 2 N–H and O–H groups in total. The van der Waals surface area contributed by atoms with E-state index < -0.39 is 0 Å². The van der Waals surface area contributed by atoms with Crippen LogP contribution in [0.2, 0.25) is 10.0 Å². The highest BCUT2D eigenvalue weighted by atomic mass is 127. The Kier molecular flexibility index (Phi) is 9.80. The number of guanidine groups is 1. The molecule has 0 fully saturated rings. The predicted octanol–water partition coefficient (Wildman–Crippen LogP) is 4.92. The van der Waals surface area contributed by atoms with Gasteiger partial charge in [-0.3, -0.25) is 9.98 Å². The van der Waals surface area contributed by atoms with Gasteiger partial charge in [-0.2, -0.15) is 4.98 Å². The van der Waals surface area contributed by atoms with Crippen molar-refractivity contribution in [2.24, 2.45) is 4.99 Å². The summed E-state index contributed by atoms with van der Waals surface area (Å²) in [5.74, 6) is 1.67. The summed E-state index contributed by atoms with van der Waals surface area (Å²) in [6.45, 7) is 5.26. The van der Waals surface area contributed by atoms with E-state index in [1.807, 2.05) is 44.2 Å². The second kappa shape index (κ2) is 12.1. The second-order valence-corrected chi connectivity index (χ2v) is 7.12. The standard InChI is InChI=1S/C20H22Cl2N6O.HI/c1-3-23-20(26-13(2)15-8-7-14(21)12-16(15)22)25-11-9-18-27-19(29-28-18)17-6-4-5-10-24-17;/h4-8,10,12-13H,3,9,11H2,1-2H3,(H2,23,25,26);1H. The fourth-order valence-corrected chi connectivity index (χ4v) is 3.24. The number of benzene rings is 1. The van der Waals surface area contributed by atoms with Crippen molar-refractivity contribution < 1.29 is 4.52 Å². The van der Waals surface area contributed by atoms with Gasteiger partial charge in [0.25, 0.3) is 5.89 Å². The summed E-state index contributed by atoms with van der Waals surface area (Å²) in [5.41, 5.74) is 1.60. The summed E-state index contributed by atoms with van der Waals surface area (Å²) in [4.78, 5) is 13.2. The average Bonchev–Trinajstić information content (AvgIpc) is 3.17.